The predicted octanol–water partition coefficient (Wildman–Crippen LogP) is 3.84. The number of methoxy groups -OCH3 is 1. The van der Waals surface area contributed by atoms with Gasteiger partial charge in [0.15, 0.2) is 0 Å². The molecule has 1 aliphatic rings. The maximum atomic E-state index is 5.41. The van der Waals surface area contributed by atoms with Crippen molar-refractivity contribution in [1.82, 2.24) is 0 Å². The molecule has 0 heterocycles. The van der Waals surface area contributed by atoms with E-state index in [0.717, 1.165) is 11.7 Å². The summed E-state index contributed by atoms with van der Waals surface area (Å²) in [5, 5.41) is 0. The molecule has 2 unspecified atom stereocenters. The van der Waals surface area contributed by atoms with Gasteiger partial charge in [-0.1, -0.05) is 39.0 Å². The molecule has 0 radical (unpaired) electrons. The van der Waals surface area contributed by atoms with E-state index in [9.17, 15) is 0 Å². The van der Waals surface area contributed by atoms with Gasteiger partial charge in [0.25, 0.3) is 0 Å². The summed E-state index contributed by atoms with van der Waals surface area (Å²) in [6, 6.07) is 8.41. The van der Waals surface area contributed by atoms with Gasteiger partial charge in [-0.25, -0.2) is 0 Å². The summed E-state index contributed by atoms with van der Waals surface area (Å²) in [6.45, 7) is 6.98. The second-order valence-corrected chi connectivity index (χ2v) is 5.56. The van der Waals surface area contributed by atoms with Gasteiger partial charge in [0, 0.05) is 0 Å². The second kappa shape index (κ2) is 3.55. The van der Waals surface area contributed by atoms with E-state index < -0.39 is 0 Å². The summed E-state index contributed by atoms with van der Waals surface area (Å²) in [7, 11) is 1.76. The fraction of sp³-hybridized carbons (Fsp3) is 0.571. The molecule has 1 aliphatic carbocycles. The SMILES string of the molecule is COc1ccccc1C1CC1C(C)(C)C. The molecule has 2 atom stereocenters. The first-order valence-corrected chi connectivity index (χ1v) is 5.67. The van der Waals surface area contributed by atoms with Crippen LogP contribution >= 0.6 is 0 Å². The number of para-hydroxylation sites is 1. The lowest BCUT2D eigenvalue weighted by molar-refractivity contribution is 0.341. The van der Waals surface area contributed by atoms with Crippen molar-refractivity contribution in [3.8, 4) is 5.75 Å². The highest BCUT2D eigenvalue weighted by Gasteiger charge is 2.46. The summed E-state index contributed by atoms with van der Waals surface area (Å²) in [6.07, 6.45) is 1.31. The number of benzene rings is 1. The molecule has 82 valence electrons. The zero-order valence-electron chi connectivity index (χ0n) is 10.1. The quantitative estimate of drug-likeness (QED) is 0.711. The fourth-order valence-electron chi connectivity index (χ4n) is 2.47. The topological polar surface area (TPSA) is 9.23 Å². The van der Waals surface area contributed by atoms with Crippen molar-refractivity contribution in [3.05, 3.63) is 29.8 Å². The first-order valence-electron chi connectivity index (χ1n) is 5.67. The van der Waals surface area contributed by atoms with E-state index in [1.54, 1.807) is 7.11 Å². The zero-order chi connectivity index (χ0) is 11.1. The molecule has 1 heteroatoms. The van der Waals surface area contributed by atoms with Crippen molar-refractivity contribution in [2.75, 3.05) is 7.11 Å². The number of ether oxygens (including phenoxy) is 1. The average molecular weight is 204 g/mol. The Morgan fingerprint density at radius 1 is 1.20 bits per heavy atom. The zero-order valence-corrected chi connectivity index (χ0v) is 10.1. The highest BCUT2D eigenvalue weighted by Crippen LogP contribution is 2.58. The Balaban J connectivity index is 2.20. The van der Waals surface area contributed by atoms with Crippen molar-refractivity contribution in [2.24, 2.45) is 11.3 Å². The largest absolute Gasteiger partial charge is 0.496 e. The van der Waals surface area contributed by atoms with Crippen LogP contribution < -0.4 is 4.74 Å². The van der Waals surface area contributed by atoms with Crippen molar-refractivity contribution in [1.29, 1.82) is 0 Å². The van der Waals surface area contributed by atoms with E-state index in [1.165, 1.54) is 12.0 Å². The Morgan fingerprint density at radius 3 is 2.40 bits per heavy atom. The summed E-state index contributed by atoms with van der Waals surface area (Å²) < 4.78 is 5.41. The van der Waals surface area contributed by atoms with Gasteiger partial charge < -0.3 is 4.74 Å². The molecular formula is C14H20O. The monoisotopic (exact) mass is 204 g/mol. The lowest BCUT2D eigenvalue weighted by Gasteiger charge is -2.18. The molecular weight excluding hydrogens is 184 g/mol. The van der Waals surface area contributed by atoms with Gasteiger partial charge in [0.2, 0.25) is 0 Å². The Morgan fingerprint density at radius 2 is 1.87 bits per heavy atom. The Kier molecular flexibility index (Phi) is 2.49. The van der Waals surface area contributed by atoms with E-state index >= 15 is 0 Å². The van der Waals surface area contributed by atoms with Gasteiger partial charge in [-0.15, -0.1) is 0 Å². The molecule has 15 heavy (non-hydrogen) atoms. The number of rotatable bonds is 2. The first kappa shape index (κ1) is 10.5. The van der Waals surface area contributed by atoms with Crippen LogP contribution in [0, 0.1) is 11.3 Å². The minimum Gasteiger partial charge on any atom is -0.496 e. The van der Waals surface area contributed by atoms with Crippen LogP contribution in [0.25, 0.3) is 0 Å². The molecule has 1 fully saturated rings. The minimum absolute atomic E-state index is 0.422. The third-order valence-electron chi connectivity index (χ3n) is 3.44. The van der Waals surface area contributed by atoms with Crippen molar-refractivity contribution < 1.29 is 4.74 Å². The molecule has 0 bridgehead atoms. The highest BCUT2D eigenvalue weighted by molar-refractivity contribution is 5.40. The molecule has 0 spiro atoms. The van der Waals surface area contributed by atoms with E-state index in [4.69, 9.17) is 4.74 Å². The van der Waals surface area contributed by atoms with E-state index in [2.05, 4.69) is 39.0 Å². The normalized spacial score (nSPS) is 25.1. The van der Waals surface area contributed by atoms with Crippen LogP contribution in [0.5, 0.6) is 5.75 Å². The lowest BCUT2D eigenvalue weighted by atomic mass is 9.87. The standard InChI is InChI=1S/C14H20O/c1-14(2,3)12-9-11(12)10-7-5-6-8-13(10)15-4/h5-8,11-12H,9H2,1-4H3. The van der Waals surface area contributed by atoms with Crippen LogP contribution in [-0.2, 0) is 0 Å². The van der Waals surface area contributed by atoms with Crippen molar-refractivity contribution >= 4 is 0 Å². The second-order valence-electron chi connectivity index (χ2n) is 5.56. The first-order chi connectivity index (χ1) is 7.04. The van der Waals surface area contributed by atoms with E-state index in [-0.39, 0.29) is 0 Å². The highest BCUT2D eigenvalue weighted by atomic mass is 16.5. The summed E-state index contributed by atoms with van der Waals surface area (Å²) in [5.41, 5.74) is 1.81. The van der Waals surface area contributed by atoms with Crippen LogP contribution in [0.1, 0.15) is 38.7 Å². The van der Waals surface area contributed by atoms with Crippen molar-refractivity contribution in [3.63, 3.8) is 0 Å². The Labute approximate surface area is 92.5 Å². The molecule has 0 saturated heterocycles. The summed E-state index contributed by atoms with van der Waals surface area (Å²) in [4.78, 5) is 0. The van der Waals surface area contributed by atoms with Gasteiger partial charge in [-0.3, -0.25) is 0 Å². The molecule has 1 nitrogen and oxygen atoms in total. The lowest BCUT2D eigenvalue weighted by Crippen LogP contribution is -2.09. The van der Waals surface area contributed by atoms with Crippen LogP contribution in [0.2, 0.25) is 0 Å². The molecule has 1 aromatic rings. The van der Waals surface area contributed by atoms with Crippen LogP contribution in [-0.4, -0.2) is 7.11 Å². The van der Waals surface area contributed by atoms with Gasteiger partial charge >= 0.3 is 0 Å². The summed E-state index contributed by atoms with van der Waals surface area (Å²) in [5.74, 6) is 2.57. The fourth-order valence-corrected chi connectivity index (χ4v) is 2.47. The van der Waals surface area contributed by atoms with Gasteiger partial charge in [-0.05, 0) is 35.3 Å². The molecule has 0 amide bonds. The third kappa shape index (κ3) is 2.01. The average Bonchev–Trinajstić information content (AvgIpc) is 2.96. The van der Waals surface area contributed by atoms with Crippen LogP contribution in [0.4, 0.5) is 0 Å². The molecule has 2 rings (SSSR count). The number of hydrogen-bond acceptors (Lipinski definition) is 1. The predicted molar refractivity (Wildman–Crippen MR) is 63.3 cm³/mol. The van der Waals surface area contributed by atoms with Gasteiger partial charge in [0.05, 0.1) is 7.11 Å². The molecule has 0 aliphatic heterocycles. The van der Waals surface area contributed by atoms with Crippen LogP contribution in [0.15, 0.2) is 24.3 Å². The number of hydrogen-bond donors (Lipinski definition) is 0. The maximum absolute atomic E-state index is 5.41. The van der Waals surface area contributed by atoms with E-state index in [0.29, 0.717) is 11.3 Å². The maximum Gasteiger partial charge on any atom is 0.122 e. The molecule has 1 aromatic carbocycles. The summed E-state index contributed by atoms with van der Waals surface area (Å²) >= 11 is 0. The minimum atomic E-state index is 0.422. The Bertz CT molecular complexity index is 349. The van der Waals surface area contributed by atoms with Gasteiger partial charge in [0.1, 0.15) is 5.75 Å². The molecule has 0 N–H and O–H groups in total. The van der Waals surface area contributed by atoms with E-state index in [1.807, 2.05) is 6.07 Å². The van der Waals surface area contributed by atoms with Crippen molar-refractivity contribution in [2.45, 2.75) is 33.1 Å². The Hall–Kier alpha value is -0.980. The van der Waals surface area contributed by atoms with Crippen LogP contribution in [0.3, 0.4) is 0 Å². The smallest absolute Gasteiger partial charge is 0.122 e. The third-order valence-corrected chi connectivity index (χ3v) is 3.44. The molecule has 1 saturated carbocycles. The van der Waals surface area contributed by atoms with Gasteiger partial charge in [-0.2, -0.15) is 0 Å². The molecule has 0 aromatic heterocycles.